The number of hydrogen-bond acceptors (Lipinski definition) is 2. The molecule has 0 amide bonds. The van der Waals surface area contributed by atoms with Crippen LogP contribution in [0.3, 0.4) is 0 Å². The van der Waals surface area contributed by atoms with Crippen LogP contribution in [0.4, 0.5) is 0 Å². The van der Waals surface area contributed by atoms with Gasteiger partial charge in [-0.05, 0) is 31.7 Å². The van der Waals surface area contributed by atoms with Crippen LogP contribution in [-0.2, 0) is 16.0 Å². The zero-order valence-corrected chi connectivity index (χ0v) is 10.1. The van der Waals surface area contributed by atoms with Crippen molar-refractivity contribution in [2.45, 2.75) is 38.4 Å². The van der Waals surface area contributed by atoms with Crippen LogP contribution in [0.2, 0.25) is 0 Å². The molecule has 2 heterocycles. The molecule has 0 aliphatic carbocycles. The van der Waals surface area contributed by atoms with Crippen molar-refractivity contribution >= 4 is 6.29 Å². The molecule has 1 aromatic rings. The van der Waals surface area contributed by atoms with E-state index >= 15 is 0 Å². The molecule has 90 valence electrons. The normalized spacial score (nSPS) is 35.1. The van der Waals surface area contributed by atoms with Gasteiger partial charge in [0, 0.05) is 11.8 Å². The van der Waals surface area contributed by atoms with E-state index in [0.717, 1.165) is 25.5 Å². The molecule has 1 aromatic carbocycles. The second-order valence-electron chi connectivity index (χ2n) is 5.36. The van der Waals surface area contributed by atoms with Crippen molar-refractivity contribution < 1.29 is 9.53 Å². The lowest BCUT2D eigenvalue weighted by Gasteiger charge is -2.23. The van der Waals surface area contributed by atoms with Crippen molar-refractivity contribution in [3.05, 3.63) is 35.4 Å². The molecule has 0 aromatic heterocycles. The van der Waals surface area contributed by atoms with Crippen molar-refractivity contribution in [2.75, 3.05) is 0 Å². The Morgan fingerprint density at radius 3 is 2.94 bits per heavy atom. The number of aldehydes is 1. The highest BCUT2D eigenvalue weighted by molar-refractivity contribution is 5.56. The second-order valence-corrected chi connectivity index (χ2v) is 5.36. The third-order valence-electron chi connectivity index (χ3n) is 4.20. The van der Waals surface area contributed by atoms with E-state index in [2.05, 4.69) is 31.2 Å². The number of rotatable bonds is 3. The van der Waals surface area contributed by atoms with Crippen LogP contribution in [0.15, 0.2) is 24.3 Å². The summed E-state index contributed by atoms with van der Waals surface area (Å²) >= 11 is 0. The Balaban J connectivity index is 1.78. The maximum Gasteiger partial charge on any atom is 0.126 e. The van der Waals surface area contributed by atoms with Crippen LogP contribution >= 0.6 is 0 Å². The molecule has 0 spiro atoms. The standard InChI is InChI=1S/C15H18O2/c1-10-3-2-4-11(7-10)8-12-13(9-16)15-6-5-14(12)17-15/h2-4,7,9,12-15H,5-6,8H2,1H3/t12-,13+,14-,15+/m0/s1. The fourth-order valence-electron chi connectivity index (χ4n) is 3.38. The lowest BCUT2D eigenvalue weighted by atomic mass is 9.77. The molecule has 2 bridgehead atoms. The predicted molar refractivity (Wildman–Crippen MR) is 65.8 cm³/mol. The molecule has 3 rings (SSSR count). The molecular weight excluding hydrogens is 212 g/mol. The van der Waals surface area contributed by atoms with Gasteiger partial charge in [0.05, 0.1) is 12.2 Å². The van der Waals surface area contributed by atoms with E-state index in [4.69, 9.17) is 4.74 Å². The number of carbonyl (C=O) groups is 1. The van der Waals surface area contributed by atoms with Crippen molar-refractivity contribution in [1.29, 1.82) is 0 Å². The quantitative estimate of drug-likeness (QED) is 0.746. The molecule has 2 fully saturated rings. The fourth-order valence-corrected chi connectivity index (χ4v) is 3.38. The molecular formula is C15H18O2. The monoisotopic (exact) mass is 230 g/mol. The summed E-state index contributed by atoms with van der Waals surface area (Å²) in [5, 5.41) is 0. The predicted octanol–water partition coefficient (Wildman–Crippen LogP) is 2.53. The summed E-state index contributed by atoms with van der Waals surface area (Å²) in [6.45, 7) is 2.11. The summed E-state index contributed by atoms with van der Waals surface area (Å²) in [6, 6.07) is 8.57. The first-order chi connectivity index (χ1) is 8.28. The largest absolute Gasteiger partial charge is 0.374 e. The molecule has 0 saturated carbocycles. The van der Waals surface area contributed by atoms with Crippen LogP contribution in [0.5, 0.6) is 0 Å². The summed E-state index contributed by atoms with van der Waals surface area (Å²) in [6.07, 6.45) is 4.81. The summed E-state index contributed by atoms with van der Waals surface area (Å²) in [7, 11) is 0. The number of carbonyl (C=O) groups excluding carboxylic acids is 1. The second kappa shape index (κ2) is 4.26. The first-order valence-corrected chi connectivity index (χ1v) is 6.44. The molecule has 0 N–H and O–H groups in total. The number of benzene rings is 1. The first kappa shape index (κ1) is 11.0. The molecule has 2 saturated heterocycles. The molecule has 2 aliphatic rings. The lowest BCUT2D eigenvalue weighted by Crippen LogP contribution is -2.29. The van der Waals surface area contributed by atoms with E-state index < -0.39 is 0 Å². The van der Waals surface area contributed by atoms with E-state index in [1.54, 1.807) is 0 Å². The number of hydrogen-bond donors (Lipinski definition) is 0. The molecule has 0 radical (unpaired) electrons. The Kier molecular flexibility index (Phi) is 2.75. The highest BCUT2D eigenvalue weighted by atomic mass is 16.5. The Morgan fingerprint density at radius 1 is 1.35 bits per heavy atom. The van der Waals surface area contributed by atoms with Gasteiger partial charge in [0.2, 0.25) is 0 Å². The molecule has 4 atom stereocenters. The Hall–Kier alpha value is -1.15. The number of aryl methyl sites for hydroxylation is 1. The zero-order chi connectivity index (χ0) is 11.8. The van der Waals surface area contributed by atoms with Gasteiger partial charge in [-0.3, -0.25) is 0 Å². The molecule has 17 heavy (non-hydrogen) atoms. The number of fused-ring (bicyclic) bond motifs is 2. The molecule has 2 nitrogen and oxygen atoms in total. The van der Waals surface area contributed by atoms with Gasteiger partial charge in [0.25, 0.3) is 0 Å². The van der Waals surface area contributed by atoms with Crippen molar-refractivity contribution in [2.24, 2.45) is 11.8 Å². The highest BCUT2D eigenvalue weighted by Gasteiger charge is 2.48. The summed E-state index contributed by atoms with van der Waals surface area (Å²) in [5.74, 6) is 0.516. The van der Waals surface area contributed by atoms with Gasteiger partial charge < -0.3 is 9.53 Å². The SMILES string of the molecule is Cc1cccc(C[C@H]2[C@@H](C=O)[C@H]3CC[C@@H]2O3)c1. The maximum absolute atomic E-state index is 11.2. The topological polar surface area (TPSA) is 26.3 Å². The highest BCUT2D eigenvalue weighted by Crippen LogP contribution is 2.43. The van der Waals surface area contributed by atoms with Gasteiger partial charge >= 0.3 is 0 Å². The average Bonchev–Trinajstić information content (AvgIpc) is 2.89. The van der Waals surface area contributed by atoms with E-state index in [1.165, 1.54) is 11.1 Å². The minimum atomic E-state index is 0.120. The smallest absolute Gasteiger partial charge is 0.126 e. The van der Waals surface area contributed by atoms with Crippen LogP contribution in [0.25, 0.3) is 0 Å². The van der Waals surface area contributed by atoms with E-state index in [-0.39, 0.29) is 12.0 Å². The summed E-state index contributed by atoms with van der Waals surface area (Å²) in [4.78, 5) is 11.2. The van der Waals surface area contributed by atoms with E-state index in [0.29, 0.717) is 12.0 Å². The van der Waals surface area contributed by atoms with Gasteiger partial charge in [0.1, 0.15) is 6.29 Å². The van der Waals surface area contributed by atoms with Gasteiger partial charge in [0.15, 0.2) is 0 Å². The number of ether oxygens (including phenoxy) is 1. The first-order valence-electron chi connectivity index (χ1n) is 6.44. The van der Waals surface area contributed by atoms with Gasteiger partial charge in [-0.1, -0.05) is 29.8 Å². The van der Waals surface area contributed by atoms with Crippen LogP contribution in [0.1, 0.15) is 24.0 Å². The van der Waals surface area contributed by atoms with Gasteiger partial charge in [-0.2, -0.15) is 0 Å². The van der Waals surface area contributed by atoms with Crippen LogP contribution < -0.4 is 0 Å². The maximum atomic E-state index is 11.2. The van der Waals surface area contributed by atoms with Crippen molar-refractivity contribution in [1.82, 2.24) is 0 Å². The lowest BCUT2D eigenvalue weighted by molar-refractivity contribution is -0.113. The Morgan fingerprint density at radius 2 is 2.18 bits per heavy atom. The van der Waals surface area contributed by atoms with Gasteiger partial charge in [-0.25, -0.2) is 0 Å². The van der Waals surface area contributed by atoms with E-state index in [1.807, 2.05) is 0 Å². The zero-order valence-electron chi connectivity index (χ0n) is 10.1. The minimum absolute atomic E-state index is 0.120. The molecule has 2 aliphatic heterocycles. The van der Waals surface area contributed by atoms with Crippen LogP contribution in [-0.4, -0.2) is 18.5 Å². The summed E-state index contributed by atoms with van der Waals surface area (Å²) < 4.78 is 5.86. The third-order valence-corrected chi connectivity index (χ3v) is 4.20. The van der Waals surface area contributed by atoms with E-state index in [9.17, 15) is 4.79 Å². The average molecular weight is 230 g/mol. The van der Waals surface area contributed by atoms with Gasteiger partial charge in [-0.15, -0.1) is 0 Å². The minimum Gasteiger partial charge on any atom is -0.374 e. The third kappa shape index (κ3) is 1.91. The Bertz CT molecular complexity index is 427. The van der Waals surface area contributed by atoms with Crippen molar-refractivity contribution in [3.63, 3.8) is 0 Å². The van der Waals surface area contributed by atoms with Crippen molar-refractivity contribution in [3.8, 4) is 0 Å². The fraction of sp³-hybridized carbons (Fsp3) is 0.533. The van der Waals surface area contributed by atoms with Crippen LogP contribution in [0, 0.1) is 18.8 Å². The summed E-state index contributed by atoms with van der Waals surface area (Å²) in [5.41, 5.74) is 2.62. The molecule has 0 unspecified atom stereocenters. The molecule has 2 heteroatoms. The Labute approximate surface area is 102 Å².